The highest BCUT2D eigenvalue weighted by molar-refractivity contribution is 7.98. The second kappa shape index (κ2) is 8.16. The lowest BCUT2D eigenvalue weighted by Crippen LogP contribution is -2.24. The van der Waals surface area contributed by atoms with Gasteiger partial charge in [0, 0.05) is 23.6 Å². The number of carbonyl (C=O) groups is 1. The van der Waals surface area contributed by atoms with Gasteiger partial charge < -0.3 is 10.3 Å². The predicted octanol–water partition coefficient (Wildman–Crippen LogP) is 3.01. The van der Waals surface area contributed by atoms with Crippen molar-refractivity contribution in [3.8, 4) is 0 Å². The van der Waals surface area contributed by atoms with Crippen molar-refractivity contribution in [1.29, 1.82) is 0 Å². The standard InChI is InChI=1S/C17H23N3O2S2/c1-2-3-8-18-14(21)7-9-23-10-13-19-16(22)15-11-5-4-6-12(11)24-17(15)20-13/h2-10H2,1H3,(H,18,21)(H,19,20,22). The summed E-state index contributed by atoms with van der Waals surface area (Å²) in [5, 5.41) is 3.72. The zero-order chi connectivity index (χ0) is 16.9. The van der Waals surface area contributed by atoms with E-state index in [0.717, 1.165) is 54.6 Å². The molecule has 0 unspecified atom stereocenters. The normalized spacial score (nSPS) is 13.4. The lowest BCUT2D eigenvalue weighted by atomic mass is 10.2. The van der Waals surface area contributed by atoms with Crippen LogP contribution in [0.2, 0.25) is 0 Å². The molecule has 7 heteroatoms. The quantitative estimate of drug-likeness (QED) is 0.705. The van der Waals surface area contributed by atoms with E-state index in [1.807, 2.05) is 0 Å². The van der Waals surface area contributed by atoms with Crippen molar-refractivity contribution >= 4 is 39.2 Å². The Hall–Kier alpha value is -1.34. The number of aromatic amines is 1. The highest BCUT2D eigenvalue weighted by atomic mass is 32.2. The van der Waals surface area contributed by atoms with Gasteiger partial charge in [-0.25, -0.2) is 4.98 Å². The molecule has 1 aliphatic rings. The van der Waals surface area contributed by atoms with Crippen LogP contribution in [-0.4, -0.2) is 28.2 Å². The Morgan fingerprint density at radius 3 is 3.12 bits per heavy atom. The Morgan fingerprint density at radius 1 is 1.42 bits per heavy atom. The lowest BCUT2D eigenvalue weighted by Gasteiger charge is -2.04. The summed E-state index contributed by atoms with van der Waals surface area (Å²) in [5.74, 6) is 2.18. The number of aromatic nitrogens is 2. The molecule has 0 saturated heterocycles. The van der Waals surface area contributed by atoms with Crippen LogP contribution in [0, 0.1) is 0 Å². The summed E-state index contributed by atoms with van der Waals surface area (Å²) in [5.41, 5.74) is 1.21. The van der Waals surface area contributed by atoms with E-state index in [-0.39, 0.29) is 11.5 Å². The number of hydrogen-bond acceptors (Lipinski definition) is 5. The van der Waals surface area contributed by atoms with Gasteiger partial charge in [-0.2, -0.15) is 11.8 Å². The molecule has 3 rings (SSSR count). The van der Waals surface area contributed by atoms with E-state index in [1.54, 1.807) is 23.1 Å². The Labute approximate surface area is 149 Å². The number of nitrogens with zero attached hydrogens (tertiary/aromatic N) is 1. The van der Waals surface area contributed by atoms with Gasteiger partial charge in [0.2, 0.25) is 5.91 Å². The molecule has 0 radical (unpaired) electrons. The molecule has 5 nitrogen and oxygen atoms in total. The maximum atomic E-state index is 12.3. The molecule has 130 valence electrons. The fourth-order valence-electron chi connectivity index (χ4n) is 2.94. The number of hydrogen-bond donors (Lipinski definition) is 2. The van der Waals surface area contributed by atoms with Crippen molar-refractivity contribution < 1.29 is 4.79 Å². The Kier molecular flexibility index (Phi) is 5.94. The smallest absolute Gasteiger partial charge is 0.259 e. The molecule has 24 heavy (non-hydrogen) atoms. The van der Waals surface area contributed by atoms with Crippen molar-refractivity contribution in [2.75, 3.05) is 12.3 Å². The van der Waals surface area contributed by atoms with E-state index in [9.17, 15) is 9.59 Å². The third-order valence-corrected chi connectivity index (χ3v) is 6.34. The summed E-state index contributed by atoms with van der Waals surface area (Å²) in [6, 6.07) is 0. The van der Waals surface area contributed by atoms with Crippen molar-refractivity contribution in [3.05, 3.63) is 26.6 Å². The highest BCUT2D eigenvalue weighted by Gasteiger charge is 2.20. The zero-order valence-corrected chi connectivity index (χ0v) is 15.6. The Balaban J connectivity index is 1.53. The van der Waals surface area contributed by atoms with Gasteiger partial charge in [-0.3, -0.25) is 9.59 Å². The van der Waals surface area contributed by atoms with Crippen molar-refractivity contribution in [1.82, 2.24) is 15.3 Å². The Bertz CT molecular complexity index is 782. The first kappa shape index (κ1) is 17.5. The van der Waals surface area contributed by atoms with Crippen LogP contribution in [-0.2, 0) is 23.4 Å². The lowest BCUT2D eigenvalue weighted by molar-refractivity contribution is -0.120. The first-order chi connectivity index (χ1) is 11.7. The average molecular weight is 366 g/mol. The molecule has 0 spiro atoms. The molecule has 1 aliphatic carbocycles. The van der Waals surface area contributed by atoms with Crippen LogP contribution in [0.25, 0.3) is 10.2 Å². The van der Waals surface area contributed by atoms with Gasteiger partial charge >= 0.3 is 0 Å². The molecule has 2 aromatic rings. The number of thioether (sulfide) groups is 1. The number of amides is 1. The zero-order valence-electron chi connectivity index (χ0n) is 13.9. The van der Waals surface area contributed by atoms with Gasteiger partial charge in [-0.05, 0) is 31.2 Å². The second-order valence-electron chi connectivity index (χ2n) is 6.06. The van der Waals surface area contributed by atoms with E-state index >= 15 is 0 Å². The first-order valence-electron chi connectivity index (χ1n) is 8.57. The third-order valence-electron chi connectivity index (χ3n) is 4.19. The van der Waals surface area contributed by atoms with Gasteiger partial charge in [-0.15, -0.1) is 11.3 Å². The molecular formula is C17H23N3O2S2. The monoisotopic (exact) mass is 365 g/mol. The van der Waals surface area contributed by atoms with Crippen LogP contribution in [0.15, 0.2) is 4.79 Å². The predicted molar refractivity (Wildman–Crippen MR) is 101 cm³/mol. The van der Waals surface area contributed by atoms with Crippen molar-refractivity contribution in [3.63, 3.8) is 0 Å². The average Bonchev–Trinajstić information content (AvgIpc) is 3.12. The summed E-state index contributed by atoms with van der Waals surface area (Å²) in [6.45, 7) is 2.86. The van der Waals surface area contributed by atoms with Gasteiger partial charge in [-0.1, -0.05) is 13.3 Å². The summed E-state index contributed by atoms with van der Waals surface area (Å²) in [7, 11) is 0. The van der Waals surface area contributed by atoms with E-state index in [2.05, 4.69) is 22.2 Å². The topological polar surface area (TPSA) is 74.8 Å². The summed E-state index contributed by atoms with van der Waals surface area (Å²) in [4.78, 5) is 33.7. The van der Waals surface area contributed by atoms with Crippen LogP contribution in [0.5, 0.6) is 0 Å². The number of nitrogens with one attached hydrogen (secondary N) is 2. The minimum absolute atomic E-state index is 0.00712. The maximum Gasteiger partial charge on any atom is 0.259 e. The van der Waals surface area contributed by atoms with Crippen LogP contribution in [0.4, 0.5) is 0 Å². The molecule has 1 amide bonds. The second-order valence-corrected chi connectivity index (χ2v) is 8.25. The molecule has 0 aliphatic heterocycles. The fraction of sp³-hybridized carbons (Fsp3) is 0.588. The van der Waals surface area contributed by atoms with Crippen molar-refractivity contribution in [2.45, 2.75) is 51.2 Å². The number of rotatable bonds is 8. The SMILES string of the molecule is CCCCNC(=O)CCSCc1nc2sc3c(c2c(=O)[nH]1)CCC3. The molecule has 0 fully saturated rings. The van der Waals surface area contributed by atoms with E-state index in [4.69, 9.17) is 0 Å². The molecule has 0 bridgehead atoms. The minimum atomic E-state index is -0.00712. The van der Waals surface area contributed by atoms with Crippen LogP contribution >= 0.6 is 23.1 Å². The third kappa shape index (κ3) is 4.00. The van der Waals surface area contributed by atoms with Crippen LogP contribution in [0.3, 0.4) is 0 Å². The summed E-state index contributed by atoms with van der Waals surface area (Å²) < 4.78 is 0. The minimum Gasteiger partial charge on any atom is -0.356 e. The molecule has 0 saturated carbocycles. The largest absolute Gasteiger partial charge is 0.356 e. The van der Waals surface area contributed by atoms with Gasteiger partial charge in [0.15, 0.2) is 0 Å². The first-order valence-corrected chi connectivity index (χ1v) is 10.5. The van der Waals surface area contributed by atoms with Gasteiger partial charge in [0.25, 0.3) is 5.56 Å². The maximum absolute atomic E-state index is 12.3. The van der Waals surface area contributed by atoms with E-state index in [1.165, 1.54) is 10.4 Å². The molecule has 2 N–H and O–H groups in total. The Morgan fingerprint density at radius 2 is 2.29 bits per heavy atom. The number of aryl methyl sites for hydroxylation is 2. The molecular weight excluding hydrogens is 342 g/mol. The van der Waals surface area contributed by atoms with Gasteiger partial charge in [0.05, 0.1) is 11.1 Å². The number of thiophene rings is 1. The fourth-order valence-corrected chi connectivity index (χ4v) is 5.03. The van der Waals surface area contributed by atoms with Crippen LogP contribution < -0.4 is 10.9 Å². The summed E-state index contributed by atoms with van der Waals surface area (Å²) in [6.07, 6.45) is 5.84. The molecule has 0 aromatic carbocycles. The molecule has 2 heterocycles. The van der Waals surface area contributed by atoms with Crippen molar-refractivity contribution in [2.24, 2.45) is 0 Å². The molecule has 2 aromatic heterocycles. The number of H-pyrrole nitrogens is 1. The molecule has 0 atom stereocenters. The van der Waals surface area contributed by atoms with E-state index < -0.39 is 0 Å². The number of carbonyl (C=O) groups excluding carboxylic acids is 1. The number of unbranched alkanes of at least 4 members (excludes halogenated alkanes) is 1. The van der Waals surface area contributed by atoms with Gasteiger partial charge in [0.1, 0.15) is 10.7 Å². The van der Waals surface area contributed by atoms with Crippen LogP contribution in [0.1, 0.15) is 48.9 Å². The summed E-state index contributed by atoms with van der Waals surface area (Å²) >= 11 is 3.30. The van der Waals surface area contributed by atoms with E-state index in [0.29, 0.717) is 18.0 Å². The number of fused-ring (bicyclic) bond motifs is 3. The highest BCUT2D eigenvalue weighted by Crippen LogP contribution is 2.34.